The zero-order valence-corrected chi connectivity index (χ0v) is 21.2. The summed E-state index contributed by atoms with van der Waals surface area (Å²) in [7, 11) is 0. The molecule has 2 aromatic rings. The normalized spacial score (nSPS) is 10.1. The lowest BCUT2D eigenvalue weighted by Crippen LogP contribution is -2.14. The Morgan fingerprint density at radius 1 is 1.06 bits per heavy atom. The van der Waals surface area contributed by atoms with Crippen LogP contribution >= 0.6 is 0 Å². The summed E-state index contributed by atoms with van der Waals surface area (Å²) in [6, 6.07) is 12.7. The average molecular weight is 457 g/mol. The molecule has 1 heterocycles. The second-order valence-electron chi connectivity index (χ2n) is 5.91. The van der Waals surface area contributed by atoms with Gasteiger partial charge in [-0.2, -0.15) is 0 Å². The molecular formula is C28H40O5. The number of carboxylic acid groups (broad SMARTS) is 1. The number of fused-ring (bicyclic) bond motifs is 1. The number of aryl methyl sites for hydroxylation is 1. The van der Waals surface area contributed by atoms with E-state index >= 15 is 0 Å². The summed E-state index contributed by atoms with van der Waals surface area (Å²) in [6.07, 6.45) is 7.92. The first-order valence-corrected chi connectivity index (χ1v) is 11.8. The number of hydrogen-bond acceptors (Lipinski definition) is 4. The van der Waals surface area contributed by atoms with E-state index < -0.39 is 5.97 Å². The van der Waals surface area contributed by atoms with Crippen LogP contribution in [0.25, 0.3) is 0 Å². The Balaban J connectivity index is 0. The molecule has 0 unspecified atom stereocenters. The molecule has 5 nitrogen and oxygen atoms in total. The average Bonchev–Trinajstić information content (AvgIpc) is 2.88. The summed E-state index contributed by atoms with van der Waals surface area (Å²) in [5, 5.41) is 7.72. The molecule has 5 heteroatoms. The van der Waals surface area contributed by atoms with E-state index in [0.29, 0.717) is 24.3 Å². The fourth-order valence-electron chi connectivity index (χ4n) is 2.58. The van der Waals surface area contributed by atoms with Crippen molar-refractivity contribution in [2.75, 3.05) is 6.61 Å². The van der Waals surface area contributed by atoms with Crippen LogP contribution in [0.5, 0.6) is 11.5 Å². The number of carbonyl (C=O) groups is 2. The third-order valence-corrected chi connectivity index (χ3v) is 3.86. The van der Waals surface area contributed by atoms with Crippen molar-refractivity contribution in [3.8, 4) is 23.8 Å². The molecule has 0 radical (unpaired) electrons. The van der Waals surface area contributed by atoms with Gasteiger partial charge in [-0.3, -0.25) is 4.79 Å². The van der Waals surface area contributed by atoms with Crippen molar-refractivity contribution in [1.82, 2.24) is 0 Å². The quantitative estimate of drug-likeness (QED) is 0.306. The van der Waals surface area contributed by atoms with Crippen LogP contribution in [0.1, 0.15) is 82.8 Å². The Morgan fingerprint density at radius 2 is 1.64 bits per heavy atom. The van der Waals surface area contributed by atoms with Crippen LogP contribution in [0.15, 0.2) is 42.5 Å². The molecule has 3 rings (SSSR count). The maximum absolute atomic E-state index is 12.3. The smallest absolute Gasteiger partial charge is 0.343 e. The van der Waals surface area contributed by atoms with Crippen molar-refractivity contribution >= 4 is 11.9 Å². The monoisotopic (exact) mass is 456 g/mol. The first kappa shape index (κ1) is 31.9. The van der Waals surface area contributed by atoms with Crippen LogP contribution in [0.4, 0.5) is 0 Å². The van der Waals surface area contributed by atoms with Gasteiger partial charge in [-0.05, 0) is 42.7 Å². The highest BCUT2D eigenvalue weighted by molar-refractivity contribution is 5.92. The molecular weight excluding hydrogens is 416 g/mol. The highest BCUT2D eigenvalue weighted by Gasteiger charge is 2.19. The molecule has 0 amide bonds. The molecule has 1 aliphatic rings. The van der Waals surface area contributed by atoms with Crippen molar-refractivity contribution in [3.63, 3.8) is 0 Å². The van der Waals surface area contributed by atoms with Gasteiger partial charge in [0, 0.05) is 18.4 Å². The molecule has 0 aliphatic carbocycles. The molecule has 0 saturated heterocycles. The van der Waals surface area contributed by atoms with Gasteiger partial charge in [0.1, 0.15) is 11.5 Å². The summed E-state index contributed by atoms with van der Waals surface area (Å²) in [6.45, 7) is 14.3. The molecule has 33 heavy (non-hydrogen) atoms. The largest absolute Gasteiger partial charge is 0.493 e. The highest BCUT2D eigenvalue weighted by atomic mass is 16.5. The number of terminal acetylenes is 1. The van der Waals surface area contributed by atoms with Crippen LogP contribution < -0.4 is 9.47 Å². The molecule has 0 fully saturated rings. The number of hydrogen-bond donors (Lipinski definition) is 1. The maximum atomic E-state index is 12.3. The first-order chi connectivity index (χ1) is 16.0. The molecule has 182 valence electrons. The lowest BCUT2D eigenvalue weighted by molar-refractivity contribution is -0.136. The van der Waals surface area contributed by atoms with Crippen LogP contribution in [0.2, 0.25) is 0 Å². The van der Waals surface area contributed by atoms with Gasteiger partial charge in [0.15, 0.2) is 0 Å². The van der Waals surface area contributed by atoms with Gasteiger partial charge in [-0.25, -0.2) is 4.79 Å². The van der Waals surface area contributed by atoms with Crippen LogP contribution in [0, 0.1) is 12.3 Å². The zero-order chi connectivity index (χ0) is 25.6. The number of esters is 1. The summed E-state index contributed by atoms with van der Waals surface area (Å²) in [4.78, 5) is 21.7. The summed E-state index contributed by atoms with van der Waals surface area (Å²) >= 11 is 0. The van der Waals surface area contributed by atoms with E-state index in [1.807, 2.05) is 65.8 Å². The summed E-state index contributed by atoms with van der Waals surface area (Å²) < 4.78 is 11.1. The Morgan fingerprint density at radius 3 is 2.15 bits per heavy atom. The molecule has 0 bridgehead atoms. The van der Waals surface area contributed by atoms with E-state index in [9.17, 15) is 9.59 Å². The Hall–Kier alpha value is -3.26. The summed E-state index contributed by atoms with van der Waals surface area (Å²) in [5.41, 5.74) is 2.41. The predicted molar refractivity (Wildman–Crippen MR) is 136 cm³/mol. The topological polar surface area (TPSA) is 72.8 Å². The maximum Gasteiger partial charge on any atom is 0.343 e. The van der Waals surface area contributed by atoms with Crippen molar-refractivity contribution in [3.05, 3.63) is 59.2 Å². The van der Waals surface area contributed by atoms with Gasteiger partial charge in [-0.1, -0.05) is 66.7 Å². The highest BCUT2D eigenvalue weighted by Crippen LogP contribution is 2.31. The van der Waals surface area contributed by atoms with E-state index in [-0.39, 0.29) is 12.4 Å². The fraction of sp³-hybridized carbons (Fsp3) is 0.429. The van der Waals surface area contributed by atoms with Gasteiger partial charge >= 0.3 is 11.9 Å². The van der Waals surface area contributed by atoms with E-state index in [1.54, 1.807) is 25.1 Å². The molecule has 0 saturated carbocycles. The number of para-hydroxylation sites is 1. The number of aliphatic carboxylic acids is 1. The minimum Gasteiger partial charge on any atom is -0.493 e. The molecule has 0 aromatic heterocycles. The lowest BCUT2D eigenvalue weighted by Gasteiger charge is -2.20. The predicted octanol–water partition coefficient (Wildman–Crippen LogP) is 6.97. The van der Waals surface area contributed by atoms with Crippen molar-refractivity contribution in [1.29, 1.82) is 0 Å². The van der Waals surface area contributed by atoms with Crippen LogP contribution in [0.3, 0.4) is 0 Å². The van der Waals surface area contributed by atoms with E-state index in [0.717, 1.165) is 29.7 Å². The van der Waals surface area contributed by atoms with Crippen molar-refractivity contribution in [2.24, 2.45) is 0 Å². The van der Waals surface area contributed by atoms with E-state index in [1.165, 1.54) is 0 Å². The van der Waals surface area contributed by atoms with Gasteiger partial charge in [-0.15, -0.1) is 12.3 Å². The van der Waals surface area contributed by atoms with Gasteiger partial charge < -0.3 is 14.6 Å². The minimum atomic E-state index is -0.745. The third-order valence-electron chi connectivity index (χ3n) is 3.86. The molecule has 0 spiro atoms. The van der Waals surface area contributed by atoms with E-state index in [4.69, 9.17) is 21.0 Å². The molecule has 0 atom stereocenters. The molecule has 2 aromatic carbocycles. The van der Waals surface area contributed by atoms with Crippen molar-refractivity contribution in [2.45, 2.75) is 74.1 Å². The number of benzene rings is 2. The Kier molecular flexibility index (Phi) is 20.0. The Labute approximate surface area is 200 Å². The molecule has 1 aliphatic heterocycles. The second kappa shape index (κ2) is 20.6. The van der Waals surface area contributed by atoms with Gasteiger partial charge in [0.05, 0.1) is 12.2 Å². The Bertz CT molecular complexity index is 835. The number of rotatable bonds is 4. The van der Waals surface area contributed by atoms with Crippen LogP contribution in [-0.4, -0.2) is 23.7 Å². The second-order valence-corrected chi connectivity index (χ2v) is 5.91. The summed E-state index contributed by atoms with van der Waals surface area (Å²) in [5.74, 6) is 2.86. The van der Waals surface area contributed by atoms with Crippen LogP contribution in [-0.2, 0) is 17.6 Å². The van der Waals surface area contributed by atoms with Gasteiger partial charge in [0.25, 0.3) is 0 Å². The minimum absolute atomic E-state index is 0.222. The zero-order valence-electron chi connectivity index (χ0n) is 21.2. The number of ether oxygens (including phenoxy) is 2. The third kappa shape index (κ3) is 12.4. The molecule has 1 N–H and O–H groups in total. The fourth-order valence-corrected chi connectivity index (χ4v) is 2.58. The lowest BCUT2D eigenvalue weighted by atomic mass is 9.97. The number of carbonyl (C=O) groups excluding carboxylic acids is 1. The van der Waals surface area contributed by atoms with Crippen molar-refractivity contribution < 1.29 is 24.2 Å². The van der Waals surface area contributed by atoms with Gasteiger partial charge in [0.2, 0.25) is 0 Å². The van der Waals surface area contributed by atoms with E-state index in [2.05, 4.69) is 5.92 Å². The standard InChI is InChI=1S/C19H16O3.C3H6O2.3C2H6/c1-2-7-14-12-16(13-15-8-6-11-21-18(14)15)19(20)22-17-9-4-3-5-10-17;1-2-3(4)5;3*1-2/h1,3-5,9-10,12-13H,6-8,11H2;2H2,1H3,(H,4,5);3*1-2H3. The first-order valence-electron chi connectivity index (χ1n) is 11.8. The number of carboxylic acids is 1. The SMILES string of the molecule is C#CCc1cc(C(=O)Oc2ccccc2)cc2c1OCCC2.CC.CC.CC.CCC(=O)O.